The number of benzene rings is 1. The molecule has 0 amide bonds. The van der Waals surface area contributed by atoms with Crippen LogP contribution in [-0.2, 0) is 0 Å². The molecule has 0 heterocycles. The van der Waals surface area contributed by atoms with Crippen molar-refractivity contribution in [3.8, 4) is 11.8 Å². The van der Waals surface area contributed by atoms with Gasteiger partial charge in [-0.15, -0.1) is 0 Å². The standard InChI is InChI=1S/C16H23NO/c1-4-6-7-14(5-2)12-18-16-10-13(3)8-9-15(16)11-17/h8-10,14H,4-7,12H2,1-3H3/t14-/m0/s1. The zero-order chi connectivity index (χ0) is 13.4. The van der Waals surface area contributed by atoms with Crippen molar-refractivity contribution in [2.45, 2.75) is 46.5 Å². The van der Waals surface area contributed by atoms with Gasteiger partial charge in [-0.1, -0.05) is 39.2 Å². The van der Waals surface area contributed by atoms with Crippen molar-refractivity contribution >= 4 is 0 Å². The van der Waals surface area contributed by atoms with Crippen LogP contribution in [0.1, 0.15) is 50.7 Å². The van der Waals surface area contributed by atoms with Crippen molar-refractivity contribution in [2.75, 3.05) is 6.61 Å². The lowest BCUT2D eigenvalue weighted by Crippen LogP contribution is -2.12. The van der Waals surface area contributed by atoms with Gasteiger partial charge in [0.05, 0.1) is 12.2 Å². The van der Waals surface area contributed by atoms with Crippen molar-refractivity contribution in [1.82, 2.24) is 0 Å². The number of unbranched alkanes of at least 4 members (excludes halogenated alkanes) is 1. The Labute approximate surface area is 111 Å². The maximum atomic E-state index is 9.04. The molecule has 1 aromatic rings. The van der Waals surface area contributed by atoms with E-state index in [1.165, 1.54) is 19.3 Å². The highest BCUT2D eigenvalue weighted by Gasteiger charge is 2.09. The van der Waals surface area contributed by atoms with Gasteiger partial charge in [-0.2, -0.15) is 5.26 Å². The van der Waals surface area contributed by atoms with E-state index in [1.54, 1.807) is 0 Å². The molecular formula is C16H23NO. The average Bonchev–Trinajstić information content (AvgIpc) is 2.39. The monoisotopic (exact) mass is 245 g/mol. The number of hydrogen-bond donors (Lipinski definition) is 0. The fourth-order valence-electron chi connectivity index (χ4n) is 1.95. The Morgan fingerprint density at radius 1 is 1.33 bits per heavy atom. The number of rotatable bonds is 7. The van der Waals surface area contributed by atoms with E-state index in [4.69, 9.17) is 10.00 Å². The molecule has 1 aromatic carbocycles. The van der Waals surface area contributed by atoms with Gasteiger partial charge >= 0.3 is 0 Å². The van der Waals surface area contributed by atoms with Gasteiger partial charge in [0.1, 0.15) is 11.8 Å². The zero-order valence-electron chi connectivity index (χ0n) is 11.7. The molecular weight excluding hydrogens is 222 g/mol. The summed E-state index contributed by atoms with van der Waals surface area (Å²) < 4.78 is 5.84. The van der Waals surface area contributed by atoms with E-state index in [9.17, 15) is 0 Å². The minimum absolute atomic E-state index is 0.594. The fourth-order valence-corrected chi connectivity index (χ4v) is 1.95. The average molecular weight is 245 g/mol. The fraction of sp³-hybridized carbons (Fsp3) is 0.562. The Morgan fingerprint density at radius 3 is 2.72 bits per heavy atom. The summed E-state index contributed by atoms with van der Waals surface area (Å²) in [6, 6.07) is 7.91. The second-order valence-electron chi connectivity index (χ2n) is 4.84. The largest absolute Gasteiger partial charge is 0.492 e. The van der Waals surface area contributed by atoms with Crippen LogP contribution in [0.5, 0.6) is 5.75 Å². The lowest BCUT2D eigenvalue weighted by atomic mass is 10.0. The van der Waals surface area contributed by atoms with Crippen molar-refractivity contribution in [2.24, 2.45) is 5.92 Å². The van der Waals surface area contributed by atoms with E-state index in [1.807, 2.05) is 25.1 Å². The Morgan fingerprint density at radius 2 is 2.11 bits per heavy atom. The molecule has 98 valence electrons. The normalized spacial score (nSPS) is 11.9. The van der Waals surface area contributed by atoms with Crippen molar-refractivity contribution in [3.63, 3.8) is 0 Å². The van der Waals surface area contributed by atoms with Crippen LogP contribution >= 0.6 is 0 Å². The molecule has 0 saturated carbocycles. The summed E-state index contributed by atoms with van der Waals surface area (Å²) in [5.41, 5.74) is 1.76. The number of nitrogens with zero attached hydrogens (tertiary/aromatic N) is 1. The Kier molecular flexibility index (Phi) is 6.28. The van der Waals surface area contributed by atoms with E-state index < -0.39 is 0 Å². The smallest absolute Gasteiger partial charge is 0.137 e. The van der Waals surface area contributed by atoms with Crippen LogP contribution in [0.3, 0.4) is 0 Å². The number of ether oxygens (including phenoxy) is 1. The van der Waals surface area contributed by atoms with Crippen molar-refractivity contribution < 1.29 is 4.74 Å². The molecule has 0 bridgehead atoms. The molecule has 0 N–H and O–H groups in total. The predicted octanol–water partition coefficient (Wildman–Crippen LogP) is 4.46. The molecule has 0 aliphatic carbocycles. The Balaban J connectivity index is 2.61. The molecule has 0 radical (unpaired) electrons. The molecule has 0 unspecified atom stereocenters. The minimum Gasteiger partial charge on any atom is -0.492 e. The van der Waals surface area contributed by atoms with E-state index in [2.05, 4.69) is 19.9 Å². The van der Waals surface area contributed by atoms with E-state index in [0.717, 1.165) is 17.7 Å². The van der Waals surface area contributed by atoms with Gasteiger partial charge in [0, 0.05) is 0 Å². The molecule has 1 atom stereocenters. The third-order valence-corrected chi connectivity index (χ3v) is 3.28. The van der Waals surface area contributed by atoms with Crippen LogP contribution < -0.4 is 4.74 Å². The lowest BCUT2D eigenvalue weighted by Gasteiger charge is -2.16. The topological polar surface area (TPSA) is 33.0 Å². The lowest BCUT2D eigenvalue weighted by molar-refractivity contribution is 0.232. The molecule has 0 spiro atoms. The first-order valence-corrected chi connectivity index (χ1v) is 6.84. The van der Waals surface area contributed by atoms with Crippen molar-refractivity contribution in [1.29, 1.82) is 5.26 Å². The van der Waals surface area contributed by atoms with Crippen LogP contribution in [0.25, 0.3) is 0 Å². The summed E-state index contributed by atoms with van der Waals surface area (Å²) in [7, 11) is 0. The van der Waals surface area contributed by atoms with Gasteiger partial charge in [-0.3, -0.25) is 0 Å². The second kappa shape index (κ2) is 7.76. The van der Waals surface area contributed by atoms with Crippen LogP contribution in [0, 0.1) is 24.2 Å². The number of hydrogen-bond acceptors (Lipinski definition) is 2. The molecule has 2 heteroatoms. The summed E-state index contributed by atoms with van der Waals surface area (Å²) in [5.74, 6) is 1.32. The van der Waals surface area contributed by atoms with E-state index >= 15 is 0 Å². The molecule has 0 saturated heterocycles. The molecule has 0 aliphatic heterocycles. The quantitative estimate of drug-likeness (QED) is 0.710. The third kappa shape index (κ3) is 4.41. The summed E-state index contributed by atoms with van der Waals surface area (Å²) in [5, 5.41) is 9.04. The first kappa shape index (κ1) is 14.6. The van der Waals surface area contributed by atoms with E-state index in [-0.39, 0.29) is 0 Å². The van der Waals surface area contributed by atoms with Gasteiger partial charge in [0.2, 0.25) is 0 Å². The molecule has 0 fully saturated rings. The summed E-state index contributed by atoms with van der Waals surface area (Å²) in [6.07, 6.45) is 4.82. The third-order valence-electron chi connectivity index (χ3n) is 3.28. The van der Waals surface area contributed by atoms with Gasteiger partial charge in [-0.05, 0) is 37.0 Å². The molecule has 18 heavy (non-hydrogen) atoms. The maximum Gasteiger partial charge on any atom is 0.137 e. The SMILES string of the molecule is CCCC[C@H](CC)COc1cc(C)ccc1C#N. The highest BCUT2D eigenvalue weighted by atomic mass is 16.5. The predicted molar refractivity (Wildman–Crippen MR) is 74.7 cm³/mol. The van der Waals surface area contributed by atoms with Crippen LogP contribution in [0.2, 0.25) is 0 Å². The second-order valence-corrected chi connectivity index (χ2v) is 4.84. The summed E-state index contributed by atoms with van der Waals surface area (Å²) in [6.45, 7) is 7.14. The molecule has 1 rings (SSSR count). The van der Waals surface area contributed by atoms with Gasteiger partial charge in [0.15, 0.2) is 0 Å². The molecule has 0 aliphatic rings. The highest BCUT2D eigenvalue weighted by molar-refractivity contribution is 5.44. The van der Waals surface area contributed by atoms with Gasteiger partial charge in [0.25, 0.3) is 0 Å². The van der Waals surface area contributed by atoms with Crippen LogP contribution in [0.15, 0.2) is 18.2 Å². The number of nitriles is 1. The van der Waals surface area contributed by atoms with Crippen molar-refractivity contribution in [3.05, 3.63) is 29.3 Å². The van der Waals surface area contributed by atoms with Gasteiger partial charge in [-0.25, -0.2) is 0 Å². The first-order valence-electron chi connectivity index (χ1n) is 6.84. The Bertz CT molecular complexity index is 406. The minimum atomic E-state index is 0.594. The van der Waals surface area contributed by atoms with Gasteiger partial charge < -0.3 is 4.74 Å². The first-order chi connectivity index (χ1) is 8.71. The van der Waals surface area contributed by atoms with Crippen LogP contribution in [0.4, 0.5) is 0 Å². The summed E-state index contributed by atoms with van der Waals surface area (Å²) in [4.78, 5) is 0. The van der Waals surface area contributed by atoms with Crippen LogP contribution in [-0.4, -0.2) is 6.61 Å². The molecule has 2 nitrogen and oxygen atoms in total. The highest BCUT2D eigenvalue weighted by Crippen LogP contribution is 2.21. The maximum absolute atomic E-state index is 9.04. The zero-order valence-corrected chi connectivity index (χ0v) is 11.7. The van der Waals surface area contributed by atoms with E-state index in [0.29, 0.717) is 18.1 Å². The summed E-state index contributed by atoms with van der Waals surface area (Å²) >= 11 is 0. The number of aryl methyl sites for hydroxylation is 1. The Hall–Kier alpha value is -1.49. The molecule has 0 aromatic heterocycles.